The first-order valence-electron chi connectivity index (χ1n) is 14.6. The molecule has 6 rings (SSSR count). The third-order valence-electron chi connectivity index (χ3n) is 7.62. The van der Waals surface area contributed by atoms with Crippen molar-refractivity contribution in [2.75, 3.05) is 18.6 Å². The van der Waals surface area contributed by atoms with E-state index < -0.39 is 29.5 Å². The molecule has 1 aliphatic heterocycles. The molecule has 0 spiro atoms. The van der Waals surface area contributed by atoms with Crippen molar-refractivity contribution in [1.82, 2.24) is 14.4 Å². The fourth-order valence-electron chi connectivity index (χ4n) is 5.46. The van der Waals surface area contributed by atoms with Crippen molar-refractivity contribution >= 4 is 45.5 Å². The summed E-state index contributed by atoms with van der Waals surface area (Å²) in [5.41, 5.74) is 2.81. The van der Waals surface area contributed by atoms with E-state index in [0.717, 1.165) is 16.9 Å². The number of anilines is 1. The molecule has 1 N–H and O–H groups in total. The Hall–Kier alpha value is -5.75. The Bertz CT molecular complexity index is 2060. The van der Waals surface area contributed by atoms with Crippen LogP contribution >= 0.6 is 11.3 Å². The number of ether oxygens (including phenoxy) is 3. The number of methoxy groups -OCH3 is 1. The van der Waals surface area contributed by atoms with Gasteiger partial charge in [0.25, 0.3) is 5.78 Å². The zero-order valence-electron chi connectivity index (χ0n) is 25.8. The van der Waals surface area contributed by atoms with Gasteiger partial charge in [0.2, 0.25) is 0 Å². The normalized spacial score (nSPS) is 15.6. The Labute approximate surface area is 274 Å². The van der Waals surface area contributed by atoms with E-state index in [0.29, 0.717) is 34.1 Å². The predicted octanol–water partition coefficient (Wildman–Crippen LogP) is 5.96. The van der Waals surface area contributed by atoms with Crippen LogP contribution in [0.5, 0.6) is 11.5 Å². The van der Waals surface area contributed by atoms with Crippen molar-refractivity contribution in [3.8, 4) is 11.5 Å². The van der Waals surface area contributed by atoms with Crippen LogP contribution in [0.25, 0.3) is 11.4 Å². The van der Waals surface area contributed by atoms with Gasteiger partial charge in [-0.15, -0.1) is 0 Å². The van der Waals surface area contributed by atoms with Crippen molar-refractivity contribution in [2.45, 2.75) is 26.5 Å². The lowest BCUT2D eigenvalue weighted by molar-refractivity contribution is -0.132. The average Bonchev–Trinajstić information content (AvgIpc) is 3.72. The largest absolute Gasteiger partial charge is 0.505 e. The minimum atomic E-state index is -1.15. The number of Topliss-reactive ketones (excluding diaryl/α,β-unsaturated/α-hetero) is 1. The van der Waals surface area contributed by atoms with Crippen LogP contribution in [0.15, 0.2) is 91.2 Å². The molecule has 1 amide bonds. The molecule has 0 bridgehead atoms. The average molecular weight is 651 g/mol. The van der Waals surface area contributed by atoms with Gasteiger partial charge in [0, 0.05) is 6.20 Å². The molecule has 12 heteroatoms. The van der Waals surface area contributed by atoms with Gasteiger partial charge in [-0.2, -0.15) is 0 Å². The maximum absolute atomic E-state index is 13.9. The van der Waals surface area contributed by atoms with Crippen LogP contribution in [0, 0.1) is 13.8 Å². The molecule has 1 aliphatic rings. The summed E-state index contributed by atoms with van der Waals surface area (Å²) in [5, 5.41) is 12.0. The minimum Gasteiger partial charge on any atom is -0.505 e. The van der Waals surface area contributed by atoms with E-state index in [1.165, 1.54) is 18.1 Å². The van der Waals surface area contributed by atoms with Crippen LogP contribution in [0.4, 0.5) is 5.13 Å². The molecule has 2 aromatic carbocycles. The van der Waals surface area contributed by atoms with E-state index in [4.69, 9.17) is 14.2 Å². The third-order valence-corrected chi connectivity index (χ3v) is 8.76. The fourth-order valence-corrected chi connectivity index (χ4v) is 6.44. The molecule has 0 aliphatic carbocycles. The van der Waals surface area contributed by atoms with Crippen molar-refractivity contribution in [2.24, 2.45) is 0 Å². The first-order valence-corrected chi connectivity index (χ1v) is 15.4. The molecule has 1 fully saturated rings. The summed E-state index contributed by atoms with van der Waals surface area (Å²) in [6.07, 6.45) is 3.15. The van der Waals surface area contributed by atoms with Gasteiger partial charge in [0.1, 0.15) is 29.4 Å². The molecule has 1 atom stereocenters. The second-order valence-corrected chi connectivity index (χ2v) is 11.6. The number of amides is 1. The summed E-state index contributed by atoms with van der Waals surface area (Å²) in [7, 11) is 1.48. The second-order valence-electron chi connectivity index (χ2n) is 10.6. The molecule has 1 saturated heterocycles. The Kier molecular flexibility index (Phi) is 8.59. The van der Waals surface area contributed by atoms with E-state index in [1.807, 2.05) is 30.3 Å². The number of fused-ring (bicyclic) bond motifs is 1. The summed E-state index contributed by atoms with van der Waals surface area (Å²) in [4.78, 5) is 50.9. The van der Waals surface area contributed by atoms with Crippen molar-refractivity contribution in [3.05, 3.63) is 124 Å². The van der Waals surface area contributed by atoms with E-state index >= 15 is 0 Å². The highest BCUT2D eigenvalue weighted by Gasteiger charge is 2.49. The number of rotatable bonds is 10. The Morgan fingerprint density at radius 2 is 1.79 bits per heavy atom. The lowest BCUT2D eigenvalue weighted by Gasteiger charge is -2.24. The molecule has 1 unspecified atom stereocenters. The number of hydrogen-bond donors (Lipinski definition) is 1. The SMILES string of the molecule is C=CCOC(=O)c1sc(N2C(=O)C(=O)/C(=C(/O)c3c(C)nc4ccccn34)C2c2ccc(OCc3ccccc3)c(OC)c2)nc1C. The first-order chi connectivity index (χ1) is 22.7. The zero-order valence-corrected chi connectivity index (χ0v) is 26.6. The number of imidazole rings is 1. The lowest BCUT2D eigenvalue weighted by Crippen LogP contribution is -2.29. The highest BCUT2D eigenvalue weighted by atomic mass is 32.1. The van der Waals surface area contributed by atoms with Gasteiger partial charge in [-0.05, 0) is 49.2 Å². The standard InChI is InChI=1S/C35H30N4O7S/c1-5-17-45-34(43)32-21(3)37-35(47-32)39-29(23-14-15-24(25(18-23)44-4)46-19-22-11-7-6-8-12-22)27(31(41)33(39)42)30(40)28-20(2)36-26-13-9-10-16-38(26)28/h5-16,18,29,40H,1,17,19H2,2-4H3/b30-27+. The van der Waals surface area contributed by atoms with Gasteiger partial charge >= 0.3 is 11.9 Å². The highest BCUT2D eigenvalue weighted by Crippen LogP contribution is 2.46. The monoisotopic (exact) mass is 650 g/mol. The number of aryl methyl sites for hydroxylation is 2. The molecule has 47 heavy (non-hydrogen) atoms. The molecule has 4 heterocycles. The van der Waals surface area contributed by atoms with Gasteiger partial charge in [-0.3, -0.25) is 18.9 Å². The number of carbonyl (C=O) groups is 3. The van der Waals surface area contributed by atoms with Gasteiger partial charge in [0.15, 0.2) is 22.4 Å². The molecule has 0 saturated carbocycles. The molecular formula is C35H30N4O7S. The number of aromatic nitrogens is 3. The Morgan fingerprint density at radius 1 is 1.02 bits per heavy atom. The number of carbonyl (C=O) groups excluding carboxylic acids is 3. The van der Waals surface area contributed by atoms with Crippen molar-refractivity contribution < 1.29 is 33.7 Å². The lowest BCUT2D eigenvalue weighted by atomic mass is 9.96. The number of ketones is 1. The Morgan fingerprint density at radius 3 is 2.53 bits per heavy atom. The second kappa shape index (κ2) is 12.9. The summed E-state index contributed by atoms with van der Waals surface area (Å²) in [6.45, 7) is 7.16. The number of aliphatic hydroxyl groups is 1. The number of nitrogens with zero attached hydrogens (tertiary/aromatic N) is 4. The van der Waals surface area contributed by atoms with Crippen molar-refractivity contribution in [3.63, 3.8) is 0 Å². The summed E-state index contributed by atoms with van der Waals surface area (Å²) in [6, 6.07) is 18.8. The molecule has 3 aromatic heterocycles. The molecule has 11 nitrogen and oxygen atoms in total. The molecule has 0 radical (unpaired) electrons. The topological polar surface area (TPSA) is 133 Å². The van der Waals surface area contributed by atoms with Crippen LogP contribution in [0.1, 0.15) is 43.9 Å². The summed E-state index contributed by atoms with van der Waals surface area (Å²) in [5.74, 6) is -2.11. The number of thiazole rings is 1. The van der Waals surface area contributed by atoms with Crippen LogP contribution in [0.3, 0.4) is 0 Å². The van der Waals surface area contributed by atoms with Gasteiger partial charge < -0.3 is 19.3 Å². The number of aliphatic hydroxyl groups excluding tert-OH is 1. The maximum atomic E-state index is 13.9. The number of esters is 1. The maximum Gasteiger partial charge on any atom is 0.350 e. The van der Waals surface area contributed by atoms with E-state index in [2.05, 4.69) is 16.5 Å². The number of hydrogen-bond acceptors (Lipinski definition) is 10. The highest BCUT2D eigenvalue weighted by molar-refractivity contribution is 7.17. The first kappa shape index (κ1) is 31.2. The van der Waals surface area contributed by atoms with Gasteiger partial charge in [-0.25, -0.2) is 14.8 Å². The van der Waals surface area contributed by atoms with Gasteiger partial charge in [0.05, 0.1) is 30.1 Å². The van der Waals surface area contributed by atoms with Gasteiger partial charge in [-0.1, -0.05) is 66.5 Å². The third kappa shape index (κ3) is 5.74. The van der Waals surface area contributed by atoms with E-state index in [1.54, 1.807) is 60.8 Å². The summed E-state index contributed by atoms with van der Waals surface area (Å²) >= 11 is 0.910. The van der Waals surface area contributed by atoms with Crippen molar-refractivity contribution in [1.29, 1.82) is 0 Å². The zero-order chi connectivity index (χ0) is 33.2. The predicted molar refractivity (Wildman–Crippen MR) is 176 cm³/mol. The number of pyridine rings is 1. The summed E-state index contributed by atoms with van der Waals surface area (Å²) < 4.78 is 18.6. The molecule has 5 aromatic rings. The van der Waals surface area contributed by atoms with Crippen LogP contribution in [-0.4, -0.2) is 50.9 Å². The van der Waals surface area contributed by atoms with E-state index in [9.17, 15) is 19.5 Å². The van der Waals surface area contributed by atoms with E-state index in [-0.39, 0.29) is 34.5 Å². The quantitative estimate of drug-likeness (QED) is 0.0639. The fraction of sp³-hybridized carbons (Fsp3) is 0.171. The van der Waals surface area contributed by atoms with Crippen LogP contribution in [0.2, 0.25) is 0 Å². The minimum absolute atomic E-state index is 0.00678. The molecule has 238 valence electrons. The Balaban J connectivity index is 1.50. The van der Waals surface area contributed by atoms with Crippen LogP contribution in [-0.2, 0) is 20.9 Å². The smallest absolute Gasteiger partial charge is 0.350 e. The van der Waals surface area contributed by atoms with Crippen LogP contribution < -0.4 is 14.4 Å². The molecular weight excluding hydrogens is 620 g/mol. The number of benzene rings is 2.